The number of carbonyl (C=O) groups is 2. The summed E-state index contributed by atoms with van der Waals surface area (Å²) in [6.45, 7) is 5.93. The minimum absolute atomic E-state index is 0.293. The maximum Gasteiger partial charge on any atom is 0.274 e. The lowest BCUT2D eigenvalue weighted by atomic mass is 10.1. The molecule has 1 aliphatic rings. The Labute approximate surface area is 235 Å². The Morgan fingerprint density at radius 1 is 1.02 bits per heavy atom. The summed E-state index contributed by atoms with van der Waals surface area (Å²) >= 11 is 1.28. The van der Waals surface area contributed by atoms with Crippen LogP contribution in [0.25, 0.3) is 0 Å². The van der Waals surface area contributed by atoms with Crippen molar-refractivity contribution in [3.8, 4) is 0 Å². The van der Waals surface area contributed by atoms with Crippen LogP contribution < -0.4 is 15.6 Å². The number of hydrogen-bond donors (Lipinski definition) is 2. The van der Waals surface area contributed by atoms with E-state index < -0.39 is 5.91 Å². The van der Waals surface area contributed by atoms with Crippen molar-refractivity contribution in [3.63, 3.8) is 0 Å². The number of thiophene rings is 1. The van der Waals surface area contributed by atoms with Crippen LogP contribution in [0, 0.1) is 12.7 Å². The molecule has 2 N–H and O–H groups in total. The first-order valence-corrected chi connectivity index (χ1v) is 13.7. The van der Waals surface area contributed by atoms with Gasteiger partial charge in [-0.25, -0.2) is 19.8 Å². The summed E-state index contributed by atoms with van der Waals surface area (Å²) in [6.07, 6.45) is 4.93. The highest BCUT2D eigenvalue weighted by atomic mass is 32.1. The van der Waals surface area contributed by atoms with Crippen molar-refractivity contribution in [1.29, 1.82) is 0 Å². The number of halogens is 1. The van der Waals surface area contributed by atoms with Crippen LogP contribution in [0.15, 0.2) is 77.5 Å². The predicted molar refractivity (Wildman–Crippen MR) is 154 cm³/mol. The van der Waals surface area contributed by atoms with Gasteiger partial charge in [0.05, 0.1) is 11.8 Å². The maximum absolute atomic E-state index is 13.1. The molecule has 5 rings (SSSR count). The zero-order valence-electron chi connectivity index (χ0n) is 21.9. The average molecular weight is 558 g/mol. The van der Waals surface area contributed by atoms with E-state index in [4.69, 9.17) is 0 Å². The molecule has 0 aliphatic carbocycles. The van der Waals surface area contributed by atoms with Gasteiger partial charge in [0.2, 0.25) is 5.95 Å². The number of nitrogens with one attached hydrogen (secondary N) is 2. The monoisotopic (exact) mass is 557 g/mol. The molecule has 2 aromatic heterocycles. The highest BCUT2D eigenvalue weighted by Crippen LogP contribution is 2.28. The molecule has 2 amide bonds. The van der Waals surface area contributed by atoms with Gasteiger partial charge in [0, 0.05) is 50.7 Å². The lowest BCUT2D eigenvalue weighted by Crippen LogP contribution is -2.46. The second-order valence-corrected chi connectivity index (χ2v) is 10.2. The van der Waals surface area contributed by atoms with E-state index in [0.29, 0.717) is 21.7 Å². The van der Waals surface area contributed by atoms with Gasteiger partial charge in [0.15, 0.2) is 0 Å². The molecule has 0 bridgehead atoms. The number of anilines is 2. The van der Waals surface area contributed by atoms with E-state index in [1.165, 1.54) is 29.7 Å². The number of hydrazone groups is 1. The van der Waals surface area contributed by atoms with Crippen LogP contribution in [-0.4, -0.2) is 59.1 Å². The average Bonchev–Trinajstić information content (AvgIpc) is 3.34. The molecule has 1 saturated heterocycles. The first-order valence-electron chi connectivity index (χ1n) is 12.8. The summed E-state index contributed by atoms with van der Waals surface area (Å²) in [7, 11) is 0. The Bertz CT molecular complexity index is 1500. The largest absolute Gasteiger partial charge is 0.338 e. The SMILES string of the molecule is Cc1csc(NC(=O)c2cccc(CN3CCN(c4ncccn4)CC3)c2)c1C(=O)N/N=C/c1ccc(F)cc1. The van der Waals surface area contributed by atoms with Crippen LogP contribution in [0.3, 0.4) is 0 Å². The minimum Gasteiger partial charge on any atom is -0.338 e. The molecule has 204 valence electrons. The summed E-state index contributed by atoms with van der Waals surface area (Å²) in [4.78, 5) is 39.2. The first kappa shape index (κ1) is 27.1. The number of carbonyl (C=O) groups excluding carboxylic acids is 2. The molecule has 4 aromatic rings. The van der Waals surface area contributed by atoms with Gasteiger partial charge in [-0.2, -0.15) is 5.10 Å². The third-order valence-corrected chi connectivity index (χ3v) is 7.49. The van der Waals surface area contributed by atoms with E-state index in [1.54, 1.807) is 37.5 Å². The molecule has 0 atom stereocenters. The number of rotatable bonds is 8. The number of nitrogens with zero attached hydrogens (tertiary/aromatic N) is 5. The topological polar surface area (TPSA) is 103 Å². The van der Waals surface area contributed by atoms with Crippen LogP contribution in [0.4, 0.5) is 15.3 Å². The van der Waals surface area contributed by atoms with Gasteiger partial charge in [0.25, 0.3) is 11.8 Å². The molecule has 2 aromatic carbocycles. The zero-order valence-corrected chi connectivity index (χ0v) is 22.7. The Morgan fingerprint density at radius 2 is 1.77 bits per heavy atom. The first-order chi connectivity index (χ1) is 19.5. The Hall–Kier alpha value is -4.48. The molecule has 40 heavy (non-hydrogen) atoms. The van der Waals surface area contributed by atoms with Gasteiger partial charge >= 0.3 is 0 Å². The molecule has 0 spiro atoms. The number of piperazine rings is 1. The van der Waals surface area contributed by atoms with Crippen LogP contribution >= 0.6 is 11.3 Å². The van der Waals surface area contributed by atoms with Crippen molar-refractivity contribution in [2.75, 3.05) is 36.4 Å². The smallest absolute Gasteiger partial charge is 0.274 e. The normalized spacial score (nSPS) is 13.9. The molecular weight excluding hydrogens is 529 g/mol. The van der Waals surface area contributed by atoms with Crippen molar-refractivity contribution in [2.24, 2.45) is 5.10 Å². The van der Waals surface area contributed by atoms with Crippen molar-refractivity contribution in [3.05, 3.63) is 106 Å². The van der Waals surface area contributed by atoms with E-state index in [2.05, 4.69) is 35.6 Å². The summed E-state index contributed by atoms with van der Waals surface area (Å²) in [5.74, 6) is -0.338. The molecule has 0 radical (unpaired) electrons. The van der Waals surface area contributed by atoms with Gasteiger partial charge in [-0.15, -0.1) is 11.3 Å². The molecule has 3 heterocycles. The van der Waals surface area contributed by atoms with Gasteiger partial charge in [-0.3, -0.25) is 14.5 Å². The number of hydrogen-bond acceptors (Lipinski definition) is 8. The fourth-order valence-electron chi connectivity index (χ4n) is 4.39. The summed E-state index contributed by atoms with van der Waals surface area (Å²) in [5.41, 5.74) is 5.76. The number of aryl methyl sites for hydroxylation is 1. The zero-order chi connectivity index (χ0) is 27.9. The van der Waals surface area contributed by atoms with E-state index in [-0.39, 0.29) is 11.7 Å². The van der Waals surface area contributed by atoms with E-state index >= 15 is 0 Å². The van der Waals surface area contributed by atoms with Crippen LogP contribution in [0.2, 0.25) is 0 Å². The number of benzene rings is 2. The van der Waals surface area contributed by atoms with Crippen molar-refractivity contribution >= 4 is 40.3 Å². The minimum atomic E-state index is -0.443. The van der Waals surface area contributed by atoms with E-state index in [1.807, 2.05) is 29.6 Å². The van der Waals surface area contributed by atoms with Crippen molar-refractivity contribution < 1.29 is 14.0 Å². The quantitative estimate of drug-likeness (QED) is 0.247. The summed E-state index contributed by atoms with van der Waals surface area (Å²) in [5, 5.41) is 9.11. The molecule has 0 unspecified atom stereocenters. The number of amides is 2. The predicted octanol–water partition coefficient (Wildman–Crippen LogP) is 4.32. The second kappa shape index (κ2) is 12.6. The standard InChI is InChI=1S/C29H28FN7O2S/c1-20-19-40-28(25(20)27(39)35-33-17-21-6-8-24(30)9-7-21)34-26(38)23-5-2-4-22(16-23)18-36-12-14-37(15-13-36)29-31-10-3-11-32-29/h2-11,16-17,19H,12-15,18H2,1H3,(H,34,38)(H,35,39)/b33-17+. The lowest BCUT2D eigenvalue weighted by molar-refractivity contribution is 0.0956. The molecule has 1 fully saturated rings. The molecule has 0 saturated carbocycles. The molecule has 1 aliphatic heterocycles. The number of aromatic nitrogens is 2. The van der Waals surface area contributed by atoms with Crippen LogP contribution in [-0.2, 0) is 6.54 Å². The Kier molecular flexibility index (Phi) is 8.53. The summed E-state index contributed by atoms with van der Waals surface area (Å²) in [6, 6.07) is 15.1. The summed E-state index contributed by atoms with van der Waals surface area (Å²) < 4.78 is 13.1. The second-order valence-electron chi connectivity index (χ2n) is 9.34. The maximum atomic E-state index is 13.1. The third kappa shape index (κ3) is 6.74. The van der Waals surface area contributed by atoms with Crippen LogP contribution in [0.5, 0.6) is 0 Å². The van der Waals surface area contributed by atoms with Gasteiger partial charge in [-0.05, 0) is 59.3 Å². The Balaban J connectivity index is 1.18. The fourth-order valence-corrected chi connectivity index (χ4v) is 5.33. The highest BCUT2D eigenvalue weighted by Gasteiger charge is 2.21. The highest BCUT2D eigenvalue weighted by molar-refractivity contribution is 7.15. The van der Waals surface area contributed by atoms with Gasteiger partial charge < -0.3 is 10.2 Å². The Morgan fingerprint density at radius 3 is 2.52 bits per heavy atom. The van der Waals surface area contributed by atoms with E-state index in [9.17, 15) is 14.0 Å². The van der Waals surface area contributed by atoms with Crippen molar-refractivity contribution in [1.82, 2.24) is 20.3 Å². The van der Waals surface area contributed by atoms with Gasteiger partial charge in [0.1, 0.15) is 10.8 Å². The lowest BCUT2D eigenvalue weighted by Gasteiger charge is -2.34. The fraction of sp³-hybridized carbons (Fsp3) is 0.207. The van der Waals surface area contributed by atoms with Crippen LogP contribution in [0.1, 0.15) is 37.4 Å². The molecule has 9 nitrogen and oxygen atoms in total. The molecular formula is C29H28FN7O2S. The molecule has 11 heteroatoms. The van der Waals surface area contributed by atoms with Gasteiger partial charge in [-0.1, -0.05) is 24.3 Å². The third-order valence-electron chi connectivity index (χ3n) is 6.48. The van der Waals surface area contributed by atoms with E-state index in [0.717, 1.165) is 49.8 Å². The van der Waals surface area contributed by atoms with Crippen molar-refractivity contribution in [2.45, 2.75) is 13.5 Å².